The number of nitrogens with one attached hydrogen (secondary N) is 1. The van der Waals surface area contributed by atoms with Crippen LogP contribution in [-0.2, 0) is 24.8 Å². The number of benzene rings is 2. The zero-order chi connectivity index (χ0) is 27.1. The molecule has 11 heteroatoms. The number of nitrogens with zero attached hydrogens (tertiary/aromatic N) is 2. The topological polar surface area (TPSA) is 113 Å². The van der Waals surface area contributed by atoms with Gasteiger partial charge in [-0.25, -0.2) is 16.8 Å². The smallest absolute Gasteiger partial charge is 0.243 e. The van der Waals surface area contributed by atoms with E-state index in [0.717, 1.165) is 36.6 Å². The molecular formula is C26H37N3O6S2. The second-order valence-electron chi connectivity index (χ2n) is 9.34. The highest BCUT2D eigenvalue weighted by atomic mass is 32.2. The number of rotatable bonds is 12. The van der Waals surface area contributed by atoms with Crippen molar-refractivity contribution in [3.8, 4) is 5.75 Å². The Morgan fingerprint density at radius 3 is 2.27 bits per heavy atom. The fourth-order valence-electron chi connectivity index (χ4n) is 4.16. The van der Waals surface area contributed by atoms with Crippen molar-refractivity contribution in [2.24, 2.45) is 0 Å². The molecule has 0 aromatic heterocycles. The first-order valence-corrected chi connectivity index (χ1v) is 15.8. The van der Waals surface area contributed by atoms with Crippen LogP contribution < -0.4 is 14.4 Å². The molecule has 3 rings (SSSR count). The van der Waals surface area contributed by atoms with Crippen molar-refractivity contribution in [3.05, 3.63) is 53.6 Å². The molecule has 0 bridgehead atoms. The number of sulfonamides is 2. The number of aryl methyl sites for hydroxylation is 2. The molecule has 204 valence electrons. The van der Waals surface area contributed by atoms with Gasteiger partial charge in [0.05, 0.1) is 23.4 Å². The lowest BCUT2D eigenvalue weighted by molar-refractivity contribution is -0.121. The fourth-order valence-corrected chi connectivity index (χ4v) is 6.63. The van der Waals surface area contributed by atoms with E-state index in [-0.39, 0.29) is 36.9 Å². The predicted octanol–water partition coefficient (Wildman–Crippen LogP) is 3.22. The summed E-state index contributed by atoms with van der Waals surface area (Å²) in [5.74, 6) is 0.323. The van der Waals surface area contributed by atoms with Gasteiger partial charge in [-0.2, -0.15) is 4.31 Å². The Morgan fingerprint density at radius 1 is 0.973 bits per heavy atom. The highest BCUT2D eigenvalue weighted by Crippen LogP contribution is 2.23. The maximum atomic E-state index is 12.7. The lowest BCUT2D eigenvalue weighted by Gasteiger charge is -2.25. The maximum absolute atomic E-state index is 12.7. The van der Waals surface area contributed by atoms with Gasteiger partial charge in [0.15, 0.2) is 0 Å². The molecule has 1 amide bonds. The fraction of sp³-hybridized carbons (Fsp3) is 0.500. The molecule has 0 saturated carbocycles. The molecule has 2 aromatic carbocycles. The van der Waals surface area contributed by atoms with Gasteiger partial charge in [0, 0.05) is 26.1 Å². The molecule has 1 aliphatic heterocycles. The number of ether oxygens (including phenoxy) is 1. The highest BCUT2D eigenvalue weighted by molar-refractivity contribution is 7.92. The van der Waals surface area contributed by atoms with Crippen molar-refractivity contribution in [2.45, 2.75) is 50.8 Å². The molecule has 1 heterocycles. The zero-order valence-electron chi connectivity index (χ0n) is 21.8. The van der Waals surface area contributed by atoms with Crippen LogP contribution in [0.15, 0.2) is 47.4 Å². The van der Waals surface area contributed by atoms with Crippen molar-refractivity contribution in [2.75, 3.05) is 43.3 Å². The van der Waals surface area contributed by atoms with Crippen LogP contribution >= 0.6 is 0 Å². The first kappa shape index (κ1) is 28.9. The van der Waals surface area contributed by atoms with E-state index in [1.54, 1.807) is 30.3 Å². The van der Waals surface area contributed by atoms with Crippen molar-refractivity contribution < 1.29 is 26.4 Å². The summed E-state index contributed by atoms with van der Waals surface area (Å²) in [5, 5.41) is 2.77. The summed E-state index contributed by atoms with van der Waals surface area (Å²) in [5.41, 5.74) is 2.67. The number of carbonyl (C=O) groups is 1. The van der Waals surface area contributed by atoms with Crippen LogP contribution in [0.1, 0.15) is 43.2 Å². The molecule has 37 heavy (non-hydrogen) atoms. The minimum atomic E-state index is -3.48. The van der Waals surface area contributed by atoms with Crippen molar-refractivity contribution >= 4 is 31.6 Å². The van der Waals surface area contributed by atoms with E-state index in [1.807, 2.05) is 26.0 Å². The summed E-state index contributed by atoms with van der Waals surface area (Å²) in [6.07, 6.45) is 4.54. The molecule has 9 nitrogen and oxygen atoms in total. The predicted molar refractivity (Wildman–Crippen MR) is 145 cm³/mol. The third-order valence-corrected chi connectivity index (χ3v) is 9.52. The van der Waals surface area contributed by atoms with Gasteiger partial charge in [0.1, 0.15) is 12.4 Å². The Labute approximate surface area is 220 Å². The number of hydrogen-bond donors (Lipinski definition) is 1. The van der Waals surface area contributed by atoms with E-state index >= 15 is 0 Å². The number of hydrogen-bond acceptors (Lipinski definition) is 6. The second-order valence-corrected chi connectivity index (χ2v) is 13.2. The Morgan fingerprint density at radius 2 is 1.65 bits per heavy atom. The lowest BCUT2D eigenvalue weighted by Crippen LogP contribution is -2.35. The van der Waals surface area contributed by atoms with Crippen LogP contribution in [0.25, 0.3) is 0 Å². The summed E-state index contributed by atoms with van der Waals surface area (Å²) in [6, 6.07) is 11.8. The van der Waals surface area contributed by atoms with Gasteiger partial charge < -0.3 is 10.1 Å². The van der Waals surface area contributed by atoms with Gasteiger partial charge in [0.25, 0.3) is 0 Å². The van der Waals surface area contributed by atoms with E-state index in [2.05, 4.69) is 5.32 Å². The molecule has 1 aliphatic rings. The Balaban J connectivity index is 1.41. The third-order valence-electron chi connectivity index (χ3n) is 6.41. The van der Waals surface area contributed by atoms with Gasteiger partial charge in [-0.05, 0) is 80.6 Å². The molecule has 0 atom stereocenters. The van der Waals surface area contributed by atoms with Gasteiger partial charge in [-0.3, -0.25) is 9.10 Å². The van der Waals surface area contributed by atoms with Gasteiger partial charge >= 0.3 is 0 Å². The summed E-state index contributed by atoms with van der Waals surface area (Å²) in [4.78, 5) is 12.5. The van der Waals surface area contributed by atoms with E-state index in [0.29, 0.717) is 30.9 Å². The van der Waals surface area contributed by atoms with E-state index < -0.39 is 20.0 Å². The zero-order valence-corrected chi connectivity index (χ0v) is 23.4. The molecule has 0 spiro atoms. The van der Waals surface area contributed by atoms with Crippen LogP contribution in [0.2, 0.25) is 0 Å². The molecule has 1 fully saturated rings. The van der Waals surface area contributed by atoms with Crippen molar-refractivity contribution in [3.63, 3.8) is 0 Å². The highest BCUT2D eigenvalue weighted by Gasteiger charge is 2.25. The average Bonchev–Trinajstić information content (AvgIpc) is 2.86. The van der Waals surface area contributed by atoms with Crippen LogP contribution in [0.3, 0.4) is 0 Å². The minimum absolute atomic E-state index is 0.180. The van der Waals surface area contributed by atoms with E-state index in [9.17, 15) is 21.6 Å². The first-order chi connectivity index (χ1) is 17.5. The van der Waals surface area contributed by atoms with Crippen LogP contribution in [0.5, 0.6) is 5.75 Å². The minimum Gasteiger partial charge on any atom is -0.492 e. The SMILES string of the molecule is Cc1ccc(N(CCCC(=O)NCCOc2ccc(S(=O)(=O)N3CCCCC3)cc2)S(C)(=O)=O)cc1C. The molecule has 2 aromatic rings. The number of anilines is 1. The van der Waals surface area contributed by atoms with Crippen LogP contribution in [0, 0.1) is 13.8 Å². The Hall–Kier alpha value is -2.63. The van der Waals surface area contributed by atoms with Gasteiger partial charge in [-0.1, -0.05) is 12.5 Å². The van der Waals surface area contributed by atoms with Crippen LogP contribution in [0.4, 0.5) is 5.69 Å². The summed E-state index contributed by atoms with van der Waals surface area (Å²) >= 11 is 0. The van der Waals surface area contributed by atoms with Gasteiger partial charge in [0.2, 0.25) is 26.0 Å². The van der Waals surface area contributed by atoms with Gasteiger partial charge in [-0.15, -0.1) is 0 Å². The molecule has 1 saturated heterocycles. The number of piperidine rings is 1. The largest absolute Gasteiger partial charge is 0.492 e. The van der Waals surface area contributed by atoms with Crippen molar-refractivity contribution in [1.82, 2.24) is 9.62 Å². The quantitative estimate of drug-likeness (QED) is 0.405. The molecular weight excluding hydrogens is 514 g/mol. The standard InChI is InChI=1S/C26H37N3O6S2/c1-21-9-10-23(20-22(21)2)29(36(3,31)32)18-7-8-26(30)27-15-19-35-24-11-13-25(14-12-24)37(33,34)28-16-5-4-6-17-28/h9-14,20H,4-8,15-19H2,1-3H3,(H,27,30). The third kappa shape index (κ3) is 8.18. The Bertz CT molecular complexity index is 1270. The van der Waals surface area contributed by atoms with E-state index in [1.165, 1.54) is 8.61 Å². The van der Waals surface area contributed by atoms with E-state index in [4.69, 9.17) is 4.74 Å². The van der Waals surface area contributed by atoms with Crippen molar-refractivity contribution in [1.29, 1.82) is 0 Å². The molecule has 0 unspecified atom stereocenters. The number of carbonyl (C=O) groups excluding carboxylic acids is 1. The maximum Gasteiger partial charge on any atom is 0.243 e. The first-order valence-electron chi connectivity index (χ1n) is 12.5. The lowest BCUT2D eigenvalue weighted by atomic mass is 10.1. The molecule has 0 aliphatic carbocycles. The monoisotopic (exact) mass is 551 g/mol. The number of amides is 1. The average molecular weight is 552 g/mol. The summed E-state index contributed by atoms with van der Waals surface area (Å²) < 4.78 is 58.5. The molecule has 0 radical (unpaired) electrons. The molecule has 1 N–H and O–H groups in total. The summed E-state index contributed by atoms with van der Waals surface area (Å²) in [6.45, 7) is 5.71. The normalized spacial score (nSPS) is 14.8. The van der Waals surface area contributed by atoms with Crippen LogP contribution in [-0.4, -0.2) is 66.1 Å². The Kier molecular flexibility index (Phi) is 9.97. The second kappa shape index (κ2) is 12.7. The summed E-state index contributed by atoms with van der Waals surface area (Å²) in [7, 11) is -6.96.